The van der Waals surface area contributed by atoms with Gasteiger partial charge < -0.3 is 10.4 Å². The molecule has 4 heteroatoms. The van der Waals surface area contributed by atoms with Crippen molar-refractivity contribution in [2.24, 2.45) is 0 Å². The summed E-state index contributed by atoms with van der Waals surface area (Å²) in [5, 5.41) is 13.1. The largest absolute Gasteiger partial charge is 0.506 e. The molecule has 1 heterocycles. The maximum absolute atomic E-state index is 13.6. The van der Waals surface area contributed by atoms with E-state index in [4.69, 9.17) is 11.6 Å². The summed E-state index contributed by atoms with van der Waals surface area (Å²) in [4.78, 5) is 0. The average molecular weight is 230 g/mol. The quantitative estimate of drug-likeness (QED) is 0.776. The Bertz CT molecular complexity index is 364. The first-order valence-electron chi connectivity index (χ1n) is 5.10. The molecule has 0 unspecified atom stereocenters. The maximum Gasteiger partial charge on any atom is 0.141 e. The van der Waals surface area contributed by atoms with Crippen LogP contribution in [-0.2, 0) is 0 Å². The molecule has 0 spiro atoms. The number of halogens is 2. The highest BCUT2D eigenvalue weighted by molar-refractivity contribution is 6.32. The fourth-order valence-electron chi connectivity index (χ4n) is 1.99. The molecule has 1 aliphatic heterocycles. The summed E-state index contributed by atoms with van der Waals surface area (Å²) in [7, 11) is 0. The lowest BCUT2D eigenvalue weighted by atomic mass is 9.96. The van der Waals surface area contributed by atoms with E-state index in [-0.39, 0.29) is 16.8 Å². The fourth-order valence-corrected chi connectivity index (χ4v) is 2.15. The van der Waals surface area contributed by atoms with Crippen LogP contribution in [0.5, 0.6) is 5.75 Å². The van der Waals surface area contributed by atoms with Crippen molar-refractivity contribution < 1.29 is 9.50 Å². The van der Waals surface area contributed by atoms with Gasteiger partial charge in [0, 0.05) is 11.6 Å². The normalized spacial score (nSPS) is 21.6. The smallest absolute Gasteiger partial charge is 0.141 e. The van der Waals surface area contributed by atoms with E-state index in [1.165, 1.54) is 12.1 Å². The molecule has 2 N–H and O–H groups in total. The predicted octanol–water partition coefficient (Wildman–Crippen LogP) is 3.00. The Morgan fingerprint density at radius 2 is 2.20 bits per heavy atom. The van der Waals surface area contributed by atoms with E-state index in [0.717, 1.165) is 25.8 Å². The standard InChI is InChI=1S/C11H13ClFNO/c12-7-4-5-8(13)10(11(7)15)9-3-1-2-6-14-9/h4-5,9,14-15H,1-3,6H2/t9-/m0/s1. The summed E-state index contributed by atoms with van der Waals surface area (Å²) in [6.45, 7) is 0.857. The summed E-state index contributed by atoms with van der Waals surface area (Å²) < 4.78 is 13.6. The first-order valence-corrected chi connectivity index (χ1v) is 5.48. The van der Waals surface area contributed by atoms with Crippen LogP contribution in [0.25, 0.3) is 0 Å². The molecule has 0 saturated carbocycles. The van der Waals surface area contributed by atoms with Gasteiger partial charge in [-0.2, -0.15) is 0 Å². The zero-order valence-corrected chi connectivity index (χ0v) is 9.02. The lowest BCUT2D eigenvalue weighted by Crippen LogP contribution is -2.27. The lowest BCUT2D eigenvalue weighted by Gasteiger charge is -2.25. The van der Waals surface area contributed by atoms with Crippen molar-refractivity contribution in [2.45, 2.75) is 25.3 Å². The van der Waals surface area contributed by atoms with Gasteiger partial charge in [0.05, 0.1) is 5.02 Å². The van der Waals surface area contributed by atoms with Crippen molar-refractivity contribution in [1.29, 1.82) is 0 Å². The third-order valence-electron chi connectivity index (χ3n) is 2.77. The Hall–Kier alpha value is -0.800. The lowest BCUT2D eigenvalue weighted by molar-refractivity contribution is 0.377. The minimum absolute atomic E-state index is 0.113. The van der Waals surface area contributed by atoms with Crippen LogP contribution in [0, 0.1) is 5.82 Å². The number of piperidine rings is 1. The van der Waals surface area contributed by atoms with Gasteiger partial charge in [-0.25, -0.2) is 4.39 Å². The number of phenolic OH excluding ortho intramolecular Hbond substituents is 1. The van der Waals surface area contributed by atoms with Gasteiger partial charge >= 0.3 is 0 Å². The summed E-state index contributed by atoms with van der Waals surface area (Å²) in [5.41, 5.74) is 0.308. The third kappa shape index (κ3) is 2.08. The summed E-state index contributed by atoms with van der Waals surface area (Å²) in [6.07, 6.45) is 2.98. The molecule has 0 bridgehead atoms. The van der Waals surface area contributed by atoms with Crippen molar-refractivity contribution in [3.63, 3.8) is 0 Å². The van der Waals surface area contributed by atoms with Crippen molar-refractivity contribution in [2.75, 3.05) is 6.54 Å². The first-order chi connectivity index (χ1) is 7.20. The van der Waals surface area contributed by atoms with E-state index in [0.29, 0.717) is 5.56 Å². The number of benzene rings is 1. The van der Waals surface area contributed by atoms with Gasteiger partial charge in [0.1, 0.15) is 11.6 Å². The van der Waals surface area contributed by atoms with Crippen molar-refractivity contribution in [3.8, 4) is 5.75 Å². The molecule has 15 heavy (non-hydrogen) atoms. The van der Waals surface area contributed by atoms with Gasteiger partial charge in [0.2, 0.25) is 0 Å². The van der Waals surface area contributed by atoms with E-state index < -0.39 is 5.82 Å². The molecule has 0 radical (unpaired) electrons. The van der Waals surface area contributed by atoms with Gasteiger partial charge in [-0.15, -0.1) is 0 Å². The Morgan fingerprint density at radius 1 is 1.40 bits per heavy atom. The molecule has 2 nitrogen and oxygen atoms in total. The molecule has 2 rings (SSSR count). The third-order valence-corrected chi connectivity index (χ3v) is 3.08. The highest BCUT2D eigenvalue weighted by Gasteiger charge is 2.22. The van der Waals surface area contributed by atoms with Crippen molar-refractivity contribution in [1.82, 2.24) is 5.32 Å². The Labute approximate surface area is 93.1 Å². The van der Waals surface area contributed by atoms with Crippen LogP contribution in [0.15, 0.2) is 12.1 Å². The van der Waals surface area contributed by atoms with Crippen LogP contribution in [0.1, 0.15) is 30.9 Å². The van der Waals surface area contributed by atoms with Crippen molar-refractivity contribution in [3.05, 3.63) is 28.5 Å². The van der Waals surface area contributed by atoms with Crippen LogP contribution in [0.2, 0.25) is 5.02 Å². The molecule has 0 aromatic heterocycles. The molecule has 1 fully saturated rings. The Balaban J connectivity index is 2.36. The second-order valence-corrected chi connectivity index (χ2v) is 4.20. The summed E-state index contributed by atoms with van der Waals surface area (Å²) in [6, 6.07) is 2.56. The van der Waals surface area contributed by atoms with Gasteiger partial charge in [-0.3, -0.25) is 0 Å². The summed E-state index contributed by atoms with van der Waals surface area (Å²) in [5.74, 6) is -0.521. The predicted molar refractivity (Wildman–Crippen MR) is 57.7 cm³/mol. The molecule has 0 amide bonds. The molecule has 1 saturated heterocycles. The highest BCUT2D eigenvalue weighted by Crippen LogP contribution is 2.36. The minimum Gasteiger partial charge on any atom is -0.506 e. The molecule has 1 aromatic rings. The van der Waals surface area contributed by atoms with Crippen LogP contribution < -0.4 is 5.32 Å². The van der Waals surface area contributed by atoms with Crippen LogP contribution in [0.3, 0.4) is 0 Å². The SMILES string of the molecule is Oc1c(Cl)ccc(F)c1[C@@H]1CCCCN1. The van der Waals surface area contributed by atoms with E-state index in [9.17, 15) is 9.50 Å². The number of aromatic hydroxyl groups is 1. The molecule has 1 aliphatic rings. The topological polar surface area (TPSA) is 32.3 Å². The minimum atomic E-state index is -0.392. The Kier molecular flexibility index (Phi) is 3.12. The number of hydrogen-bond donors (Lipinski definition) is 2. The number of rotatable bonds is 1. The summed E-state index contributed by atoms with van der Waals surface area (Å²) >= 11 is 5.76. The zero-order chi connectivity index (χ0) is 10.8. The number of phenols is 1. The zero-order valence-electron chi connectivity index (χ0n) is 8.26. The van der Waals surface area contributed by atoms with E-state index in [2.05, 4.69) is 5.32 Å². The van der Waals surface area contributed by atoms with Crippen LogP contribution >= 0.6 is 11.6 Å². The van der Waals surface area contributed by atoms with Crippen molar-refractivity contribution >= 4 is 11.6 Å². The number of nitrogens with one attached hydrogen (secondary N) is 1. The van der Waals surface area contributed by atoms with Crippen LogP contribution in [-0.4, -0.2) is 11.7 Å². The second-order valence-electron chi connectivity index (χ2n) is 3.79. The van der Waals surface area contributed by atoms with Gasteiger partial charge in [0.25, 0.3) is 0 Å². The van der Waals surface area contributed by atoms with Gasteiger partial charge in [-0.1, -0.05) is 18.0 Å². The molecule has 1 atom stereocenters. The molecular weight excluding hydrogens is 217 g/mol. The fraction of sp³-hybridized carbons (Fsp3) is 0.455. The van der Waals surface area contributed by atoms with E-state index in [1.807, 2.05) is 0 Å². The first kappa shape index (κ1) is 10.7. The van der Waals surface area contributed by atoms with Gasteiger partial charge in [-0.05, 0) is 31.5 Å². The molecule has 0 aliphatic carbocycles. The molecule has 1 aromatic carbocycles. The average Bonchev–Trinajstić information content (AvgIpc) is 2.26. The molecular formula is C11H13ClFNO. The Morgan fingerprint density at radius 3 is 2.87 bits per heavy atom. The van der Waals surface area contributed by atoms with Crippen LogP contribution in [0.4, 0.5) is 4.39 Å². The maximum atomic E-state index is 13.6. The highest BCUT2D eigenvalue weighted by atomic mass is 35.5. The number of hydrogen-bond acceptors (Lipinski definition) is 2. The van der Waals surface area contributed by atoms with E-state index in [1.54, 1.807) is 0 Å². The second kappa shape index (κ2) is 4.37. The molecule has 82 valence electrons. The monoisotopic (exact) mass is 229 g/mol. The van der Waals surface area contributed by atoms with E-state index >= 15 is 0 Å². The van der Waals surface area contributed by atoms with Gasteiger partial charge in [0.15, 0.2) is 0 Å².